The van der Waals surface area contributed by atoms with Gasteiger partial charge in [0.1, 0.15) is 5.75 Å². The molecule has 9 heteroatoms. The van der Waals surface area contributed by atoms with E-state index in [1.165, 1.54) is 19.5 Å². The van der Waals surface area contributed by atoms with E-state index in [1.807, 2.05) is 0 Å². The molecule has 4 aromatic rings. The lowest BCUT2D eigenvalue weighted by atomic mass is 10.1. The second kappa shape index (κ2) is 6.01. The van der Waals surface area contributed by atoms with Gasteiger partial charge in [-0.2, -0.15) is 13.2 Å². The molecule has 0 atom stereocenters. The zero-order valence-corrected chi connectivity index (χ0v) is 13.7. The molecular weight excluding hydrogens is 347 g/mol. The Hall–Kier alpha value is -3.10. The summed E-state index contributed by atoms with van der Waals surface area (Å²) in [5.74, 6) is 0.573. The maximum Gasteiger partial charge on any atom is 0.435 e. The number of fused-ring (bicyclic) bond motifs is 3. The lowest BCUT2D eigenvalue weighted by Gasteiger charge is -2.12. The van der Waals surface area contributed by atoms with Crippen LogP contribution in [0.1, 0.15) is 5.69 Å². The molecule has 1 aromatic carbocycles. The Bertz CT molecular complexity index is 1070. The first-order valence-electron chi connectivity index (χ1n) is 7.85. The van der Waals surface area contributed by atoms with Crippen molar-refractivity contribution in [1.82, 2.24) is 24.5 Å². The van der Waals surface area contributed by atoms with Gasteiger partial charge < -0.3 is 9.30 Å². The van der Waals surface area contributed by atoms with E-state index in [2.05, 4.69) is 15.3 Å². The van der Waals surface area contributed by atoms with E-state index in [1.54, 1.807) is 39.7 Å². The molecule has 0 radical (unpaired) electrons. The maximum absolute atomic E-state index is 13.6. The molecule has 0 bridgehead atoms. The van der Waals surface area contributed by atoms with Crippen molar-refractivity contribution in [2.24, 2.45) is 0 Å². The quantitative estimate of drug-likeness (QED) is 0.558. The highest BCUT2D eigenvalue weighted by molar-refractivity contribution is 6.09. The summed E-state index contributed by atoms with van der Waals surface area (Å²) in [6.07, 6.45) is -0.172. The predicted molar refractivity (Wildman–Crippen MR) is 88.8 cm³/mol. The molecule has 3 aromatic heterocycles. The van der Waals surface area contributed by atoms with Crippen molar-refractivity contribution in [2.45, 2.75) is 19.3 Å². The van der Waals surface area contributed by atoms with Crippen LogP contribution < -0.4 is 4.74 Å². The van der Waals surface area contributed by atoms with Crippen molar-refractivity contribution in [3.63, 3.8) is 0 Å². The van der Waals surface area contributed by atoms with E-state index in [0.29, 0.717) is 28.6 Å². The van der Waals surface area contributed by atoms with Gasteiger partial charge in [0.15, 0.2) is 5.69 Å². The van der Waals surface area contributed by atoms with E-state index in [0.717, 1.165) is 0 Å². The average Bonchev–Trinajstić information content (AvgIpc) is 3.24. The van der Waals surface area contributed by atoms with Gasteiger partial charge in [-0.25, -0.2) is 4.98 Å². The molecule has 4 rings (SSSR count). The molecule has 0 saturated heterocycles. The van der Waals surface area contributed by atoms with Crippen LogP contribution >= 0.6 is 0 Å². The smallest absolute Gasteiger partial charge is 0.435 e. The lowest BCUT2D eigenvalue weighted by molar-refractivity contribution is -0.140. The van der Waals surface area contributed by atoms with E-state index >= 15 is 0 Å². The number of halogens is 3. The van der Waals surface area contributed by atoms with Crippen molar-refractivity contribution < 1.29 is 17.9 Å². The fourth-order valence-electron chi connectivity index (χ4n) is 3.15. The predicted octanol–water partition coefficient (Wildman–Crippen LogP) is 3.51. The van der Waals surface area contributed by atoms with Crippen molar-refractivity contribution in [3.8, 4) is 5.75 Å². The molecule has 0 aliphatic rings. The fraction of sp³-hybridized carbons (Fsp3) is 0.235. The van der Waals surface area contributed by atoms with Crippen molar-refractivity contribution in [2.75, 3.05) is 7.11 Å². The molecule has 0 fully saturated rings. The molecule has 0 unspecified atom stereocenters. The number of pyridine rings is 1. The molecule has 0 saturated carbocycles. The highest BCUT2D eigenvalue weighted by atomic mass is 19.4. The summed E-state index contributed by atoms with van der Waals surface area (Å²) in [5, 5.41) is 8.81. The molecule has 134 valence electrons. The Morgan fingerprint density at radius 3 is 2.62 bits per heavy atom. The highest BCUT2D eigenvalue weighted by Gasteiger charge is 2.36. The highest BCUT2D eigenvalue weighted by Crippen LogP contribution is 2.38. The number of aromatic nitrogens is 5. The first kappa shape index (κ1) is 16.4. The van der Waals surface area contributed by atoms with Gasteiger partial charge in [0.2, 0.25) is 0 Å². The molecule has 0 amide bonds. The number of ether oxygens (including phenoxy) is 1. The molecule has 3 heterocycles. The Kier molecular flexibility index (Phi) is 3.78. The van der Waals surface area contributed by atoms with Gasteiger partial charge >= 0.3 is 6.18 Å². The minimum absolute atomic E-state index is 0.0587. The number of rotatable bonds is 4. The topological polar surface area (TPSA) is 57.8 Å². The number of methoxy groups -OCH3 is 1. The maximum atomic E-state index is 13.6. The van der Waals surface area contributed by atoms with Crippen molar-refractivity contribution in [1.29, 1.82) is 0 Å². The first-order valence-corrected chi connectivity index (χ1v) is 7.85. The van der Waals surface area contributed by atoms with Crippen LogP contribution in [0.25, 0.3) is 21.8 Å². The van der Waals surface area contributed by atoms with Crippen molar-refractivity contribution in [3.05, 3.63) is 48.5 Å². The minimum atomic E-state index is -4.55. The Morgan fingerprint density at radius 2 is 1.92 bits per heavy atom. The fourth-order valence-corrected chi connectivity index (χ4v) is 3.15. The largest absolute Gasteiger partial charge is 0.497 e. The second-order valence-corrected chi connectivity index (χ2v) is 5.75. The molecule has 6 nitrogen and oxygen atoms in total. The van der Waals surface area contributed by atoms with Crippen LogP contribution in [0.4, 0.5) is 13.2 Å². The minimum Gasteiger partial charge on any atom is -0.497 e. The van der Waals surface area contributed by atoms with Crippen molar-refractivity contribution >= 4 is 21.8 Å². The van der Waals surface area contributed by atoms with Gasteiger partial charge in [0, 0.05) is 35.8 Å². The SMILES string of the molecule is COc1ccc2c3ccnc(C(F)(F)F)c3n(CCn3ccnn3)c2c1. The molecule has 0 aliphatic carbocycles. The summed E-state index contributed by atoms with van der Waals surface area (Å²) >= 11 is 0. The summed E-state index contributed by atoms with van der Waals surface area (Å²) in [5.41, 5.74) is -0.190. The number of nitrogens with zero attached hydrogens (tertiary/aromatic N) is 5. The van der Waals surface area contributed by atoms with Gasteiger partial charge in [-0.1, -0.05) is 5.21 Å². The van der Waals surface area contributed by atoms with Crippen LogP contribution in [-0.4, -0.2) is 31.7 Å². The first-order chi connectivity index (χ1) is 12.5. The third-order valence-electron chi connectivity index (χ3n) is 4.27. The zero-order valence-electron chi connectivity index (χ0n) is 13.7. The van der Waals surface area contributed by atoms with Crippen LogP contribution in [0.5, 0.6) is 5.75 Å². The number of benzene rings is 1. The summed E-state index contributed by atoms with van der Waals surface area (Å²) in [7, 11) is 1.52. The van der Waals surface area contributed by atoms with Crippen LogP contribution in [0.15, 0.2) is 42.9 Å². The number of alkyl halides is 3. The van der Waals surface area contributed by atoms with Crippen LogP contribution in [-0.2, 0) is 19.3 Å². The Balaban J connectivity index is 1.99. The summed E-state index contributed by atoms with van der Waals surface area (Å²) in [4.78, 5) is 3.61. The lowest BCUT2D eigenvalue weighted by Crippen LogP contribution is -2.13. The van der Waals surface area contributed by atoms with Crippen LogP contribution in [0.2, 0.25) is 0 Å². The van der Waals surface area contributed by atoms with Gasteiger partial charge in [-0.3, -0.25) is 4.68 Å². The molecular formula is C17H14F3N5O. The molecule has 0 N–H and O–H groups in total. The molecule has 0 aliphatic heterocycles. The normalized spacial score (nSPS) is 12.2. The number of hydrogen-bond donors (Lipinski definition) is 0. The number of hydrogen-bond acceptors (Lipinski definition) is 4. The summed E-state index contributed by atoms with van der Waals surface area (Å²) in [6, 6.07) is 6.84. The van der Waals surface area contributed by atoms with Gasteiger partial charge in [0.05, 0.1) is 30.9 Å². The number of aryl methyl sites for hydroxylation is 2. The summed E-state index contributed by atoms with van der Waals surface area (Å²) in [6.45, 7) is 0.660. The van der Waals surface area contributed by atoms with E-state index in [4.69, 9.17) is 4.74 Å². The van der Waals surface area contributed by atoms with Gasteiger partial charge in [0.25, 0.3) is 0 Å². The zero-order chi connectivity index (χ0) is 18.3. The third kappa shape index (κ3) is 2.65. The second-order valence-electron chi connectivity index (χ2n) is 5.75. The van der Waals surface area contributed by atoms with E-state index in [9.17, 15) is 13.2 Å². The standard InChI is InChI=1S/C17H14F3N5O/c1-26-11-2-3-12-13-4-5-21-16(17(18,19)20)15(13)25(14(12)10-11)9-8-24-7-6-22-23-24/h2-7,10H,8-9H2,1H3. The van der Waals surface area contributed by atoms with E-state index in [-0.39, 0.29) is 12.1 Å². The summed E-state index contributed by atoms with van der Waals surface area (Å²) < 4.78 is 49.1. The van der Waals surface area contributed by atoms with Crippen LogP contribution in [0.3, 0.4) is 0 Å². The van der Waals surface area contributed by atoms with E-state index < -0.39 is 11.9 Å². The van der Waals surface area contributed by atoms with Gasteiger partial charge in [-0.05, 0) is 18.2 Å². The molecule has 0 spiro atoms. The van der Waals surface area contributed by atoms with Gasteiger partial charge in [-0.15, -0.1) is 5.10 Å². The average molecular weight is 361 g/mol. The molecule has 26 heavy (non-hydrogen) atoms. The Labute approximate surface area is 145 Å². The third-order valence-corrected chi connectivity index (χ3v) is 4.27. The van der Waals surface area contributed by atoms with Crippen LogP contribution in [0, 0.1) is 0 Å². The monoisotopic (exact) mass is 361 g/mol. The Morgan fingerprint density at radius 1 is 1.08 bits per heavy atom.